The van der Waals surface area contributed by atoms with Gasteiger partial charge < -0.3 is 10.1 Å². The number of ether oxygens (including phenoxy) is 1. The smallest absolute Gasteiger partial charge is 0.137 e. The number of pyridine rings is 1. The first kappa shape index (κ1) is 26.7. The molecule has 1 aliphatic heterocycles. The number of ketones is 1. The van der Waals surface area contributed by atoms with Gasteiger partial charge >= 0.3 is 0 Å². The van der Waals surface area contributed by atoms with E-state index in [0.717, 1.165) is 60.5 Å². The number of rotatable bonds is 11. The number of piperazine rings is 1. The molecule has 1 aromatic heterocycles. The second kappa shape index (κ2) is 13.3. The lowest BCUT2D eigenvalue weighted by molar-refractivity contribution is -0.118. The summed E-state index contributed by atoms with van der Waals surface area (Å²) in [5.41, 5.74) is 6.00. The zero-order valence-electron chi connectivity index (χ0n) is 22.1. The second-order valence-corrected chi connectivity index (χ2v) is 10.0. The maximum absolute atomic E-state index is 14.3. The molecule has 0 aliphatic carbocycles. The van der Waals surface area contributed by atoms with Crippen LogP contribution in [0.5, 0.6) is 5.75 Å². The first-order valence-electron chi connectivity index (χ1n) is 13.6. The highest BCUT2D eigenvalue weighted by molar-refractivity contribution is 5.81. The average molecular weight is 524 g/mol. The number of nitrogens with one attached hydrogen (secondary N) is 1. The zero-order chi connectivity index (χ0) is 26.9. The van der Waals surface area contributed by atoms with Gasteiger partial charge in [-0.3, -0.25) is 14.7 Å². The minimum atomic E-state index is -0.265. The van der Waals surface area contributed by atoms with Crippen molar-refractivity contribution in [3.63, 3.8) is 0 Å². The summed E-state index contributed by atoms with van der Waals surface area (Å²) in [6, 6.07) is 24.7. The number of carbonyl (C=O) groups is 1. The van der Waals surface area contributed by atoms with Crippen molar-refractivity contribution in [1.82, 2.24) is 15.2 Å². The fourth-order valence-corrected chi connectivity index (χ4v) is 4.92. The summed E-state index contributed by atoms with van der Waals surface area (Å²) in [4.78, 5) is 19.0. The van der Waals surface area contributed by atoms with Gasteiger partial charge in [0.1, 0.15) is 24.0 Å². The highest BCUT2D eigenvalue weighted by atomic mass is 19.1. The van der Waals surface area contributed by atoms with Crippen molar-refractivity contribution < 1.29 is 13.9 Å². The molecule has 0 saturated carbocycles. The molecule has 200 valence electrons. The summed E-state index contributed by atoms with van der Waals surface area (Å²) in [5.74, 6) is 0.644. The van der Waals surface area contributed by atoms with Crippen LogP contribution >= 0.6 is 0 Å². The fourth-order valence-electron chi connectivity index (χ4n) is 4.92. The van der Waals surface area contributed by atoms with Gasteiger partial charge in [-0.25, -0.2) is 4.39 Å². The summed E-state index contributed by atoms with van der Waals surface area (Å²) >= 11 is 0. The number of Topliss-reactive ketones (excluding diaryl/α,β-unsaturated/α-hetero) is 1. The molecule has 0 bridgehead atoms. The number of aromatic nitrogens is 1. The van der Waals surface area contributed by atoms with E-state index in [-0.39, 0.29) is 11.6 Å². The van der Waals surface area contributed by atoms with Crippen molar-refractivity contribution in [1.29, 1.82) is 0 Å². The van der Waals surface area contributed by atoms with E-state index in [9.17, 15) is 9.18 Å². The van der Waals surface area contributed by atoms with Crippen molar-refractivity contribution >= 4 is 5.78 Å². The summed E-state index contributed by atoms with van der Waals surface area (Å²) in [6.45, 7) is 5.28. The Morgan fingerprint density at radius 3 is 2.54 bits per heavy atom. The number of hydrogen-bond acceptors (Lipinski definition) is 5. The van der Waals surface area contributed by atoms with Gasteiger partial charge in [0.25, 0.3) is 0 Å². The molecular weight excluding hydrogens is 489 g/mol. The van der Waals surface area contributed by atoms with Gasteiger partial charge in [-0.15, -0.1) is 0 Å². The third-order valence-corrected chi connectivity index (χ3v) is 7.06. The van der Waals surface area contributed by atoms with E-state index in [4.69, 9.17) is 4.74 Å². The van der Waals surface area contributed by atoms with E-state index >= 15 is 0 Å². The molecule has 1 N–H and O–H groups in total. The van der Waals surface area contributed by atoms with E-state index in [1.165, 1.54) is 11.6 Å². The van der Waals surface area contributed by atoms with Crippen molar-refractivity contribution in [3.05, 3.63) is 119 Å². The van der Waals surface area contributed by atoms with Crippen molar-refractivity contribution in [2.45, 2.75) is 32.4 Å². The SMILES string of the molecule is O=C(CCc1cccnc1)Cc1ccc(OCc2ccc(F)cc2-c2cccc(CN3CCNCC3)c2)cc1. The first-order chi connectivity index (χ1) is 19.1. The number of nitrogens with zero attached hydrogens (tertiary/aromatic N) is 2. The molecule has 1 saturated heterocycles. The van der Waals surface area contributed by atoms with E-state index in [2.05, 4.69) is 27.3 Å². The Morgan fingerprint density at radius 2 is 1.74 bits per heavy atom. The third-order valence-electron chi connectivity index (χ3n) is 7.06. The predicted molar refractivity (Wildman–Crippen MR) is 152 cm³/mol. The molecule has 1 fully saturated rings. The van der Waals surface area contributed by atoms with E-state index in [1.54, 1.807) is 24.5 Å². The third kappa shape index (κ3) is 7.82. The molecule has 0 spiro atoms. The summed E-state index contributed by atoms with van der Waals surface area (Å²) in [7, 11) is 0. The molecule has 0 unspecified atom stereocenters. The zero-order valence-corrected chi connectivity index (χ0v) is 22.1. The van der Waals surface area contributed by atoms with Crippen LogP contribution in [0.2, 0.25) is 0 Å². The van der Waals surface area contributed by atoms with Crippen LogP contribution in [0.15, 0.2) is 91.3 Å². The largest absolute Gasteiger partial charge is 0.489 e. The maximum Gasteiger partial charge on any atom is 0.137 e. The fraction of sp³-hybridized carbons (Fsp3) is 0.273. The van der Waals surface area contributed by atoms with Crippen LogP contribution < -0.4 is 10.1 Å². The number of benzene rings is 3. The summed E-state index contributed by atoms with van der Waals surface area (Å²) < 4.78 is 20.4. The standard InChI is InChI=1S/C33H34FN3O2/c34-30-10-9-29(33(21-30)28-5-1-3-27(19-28)23-37-17-15-35-16-18-37)24-39-32-12-7-25(8-13-32)20-31(38)11-6-26-4-2-14-36-22-26/h1-5,7-10,12-14,19,21-22,35H,6,11,15-18,20,23-24H2. The van der Waals surface area contributed by atoms with Gasteiger partial charge in [0.2, 0.25) is 0 Å². The van der Waals surface area contributed by atoms with Crippen molar-refractivity contribution in [2.75, 3.05) is 26.2 Å². The van der Waals surface area contributed by atoms with Crippen LogP contribution in [-0.4, -0.2) is 41.8 Å². The minimum Gasteiger partial charge on any atom is -0.489 e. The molecule has 39 heavy (non-hydrogen) atoms. The highest BCUT2D eigenvalue weighted by Crippen LogP contribution is 2.28. The van der Waals surface area contributed by atoms with Crippen LogP contribution in [0.1, 0.15) is 28.7 Å². The Balaban J connectivity index is 1.19. The maximum atomic E-state index is 14.3. The predicted octanol–water partition coefficient (Wildman–Crippen LogP) is 5.62. The van der Waals surface area contributed by atoms with Gasteiger partial charge in [0.15, 0.2) is 0 Å². The van der Waals surface area contributed by atoms with Crippen LogP contribution in [0.25, 0.3) is 11.1 Å². The Bertz CT molecular complexity index is 1370. The van der Waals surface area contributed by atoms with Gasteiger partial charge in [-0.1, -0.05) is 42.5 Å². The van der Waals surface area contributed by atoms with Crippen LogP contribution in [0, 0.1) is 5.82 Å². The van der Waals surface area contributed by atoms with Crippen LogP contribution in [0.4, 0.5) is 4.39 Å². The Kier molecular flexibility index (Phi) is 9.09. The monoisotopic (exact) mass is 523 g/mol. The van der Waals surface area contributed by atoms with Crippen molar-refractivity contribution in [2.24, 2.45) is 0 Å². The first-order valence-corrected chi connectivity index (χ1v) is 13.6. The molecule has 6 heteroatoms. The number of aryl methyl sites for hydroxylation is 1. The molecule has 0 radical (unpaired) electrons. The van der Waals surface area contributed by atoms with Crippen LogP contribution in [0.3, 0.4) is 0 Å². The number of halogens is 1. The van der Waals surface area contributed by atoms with E-state index in [0.29, 0.717) is 31.6 Å². The lowest BCUT2D eigenvalue weighted by atomic mass is 9.98. The molecule has 0 atom stereocenters. The van der Waals surface area contributed by atoms with Gasteiger partial charge in [-0.2, -0.15) is 0 Å². The lowest BCUT2D eigenvalue weighted by Crippen LogP contribution is -2.42. The van der Waals surface area contributed by atoms with Crippen LogP contribution in [-0.2, 0) is 30.8 Å². The van der Waals surface area contributed by atoms with E-state index < -0.39 is 0 Å². The van der Waals surface area contributed by atoms with Crippen molar-refractivity contribution in [3.8, 4) is 16.9 Å². The normalized spacial score (nSPS) is 13.8. The van der Waals surface area contributed by atoms with Gasteiger partial charge in [-0.05, 0) is 76.2 Å². The molecule has 5 nitrogen and oxygen atoms in total. The summed E-state index contributed by atoms with van der Waals surface area (Å²) in [6.07, 6.45) is 5.13. The molecule has 4 aromatic rings. The molecule has 1 aliphatic rings. The topological polar surface area (TPSA) is 54.5 Å². The lowest BCUT2D eigenvalue weighted by Gasteiger charge is -2.27. The van der Waals surface area contributed by atoms with Gasteiger partial charge in [0.05, 0.1) is 0 Å². The number of carbonyl (C=O) groups excluding carboxylic acids is 1. The Hall–Kier alpha value is -3.87. The number of hydrogen-bond donors (Lipinski definition) is 1. The molecule has 0 amide bonds. The molecule has 3 aromatic carbocycles. The van der Waals surface area contributed by atoms with Gasteiger partial charge in [0, 0.05) is 58.0 Å². The quantitative estimate of drug-likeness (QED) is 0.277. The summed E-state index contributed by atoms with van der Waals surface area (Å²) in [5, 5.41) is 3.39. The minimum absolute atomic E-state index is 0.197. The molecular formula is C33H34FN3O2. The Labute approximate surface area is 229 Å². The second-order valence-electron chi connectivity index (χ2n) is 10.0. The van der Waals surface area contributed by atoms with E-state index in [1.807, 2.05) is 48.5 Å². The molecule has 2 heterocycles. The Morgan fingerprint density at radius 1 is 0.923 bits per heavy atom. The molecule has 5 rings (SSSR count). The average Bonchev–Trinajstić information content (AvgIpc) is 2.97. The highest BCUT2D eigenvalue weighted by Gasteiger charge is 2.13.